The van der Waals surface area contributed by atoms with E-state index in [1.165, 1.54) is 19.3 Å². The van der Waals surface area contributed by atoms with Gasteiger partial charge in [0.2, 0.25) is 5.91 Å². The van der Waals surface area contributed by atoms with Crippen LogP contribution in [0.2, 0.25) is 0 Å². The van der Waals surface area contributed by atoms with Crippen LogP contribution in [0.4, 0.5) is 0 Å². The van der Waals surface area contributed by atoms with Crippen molar-refractivity contribution < 1.29 is 14.0 Å². The molecule has 1 fully saturated rings. The van der Waals surface area contributed by atoms with Crippen LogP contribution in [0.1, 0.15) is 74.5 Å². The van der Waals surface area contributed by atoms with Crippen LogP contribution in [0.5, 0.6) is 0 Å². The summed E-state index contributed by atoms with van der Waals surface area (Å²) >= 11 is 0. The number of aromatic nitrogens is 2. The minimum Gasteiger partial charge on any atom is -0.463 e. The van der Waals surface area contributed by atoms with Gasteiger partial charge in [0.05, 0.1) is 30.6 Å². The molecule has 2 aliphatic rings. The highest BCUT2D eigenvalue weighted by Crippen LogP contribution is 2.36. The monoisotopic (exact) mass is 448 g/mol. The Kier molecular flexibility index (Phi) is 5.96. The zero-order valence-electron chi connectivity index (χ0n) is 19.3. The van der Waals surface area contributed by atoms with Gasteiger partial charge in [0.25, 0.3) is 5.91 Å². The van der Waals surface area contributed by atoms with Crippen LogP contribution in [0.3, 0.4) is 0 Å². The van der Waals surface area contributed by atoms with E-state index in [9.17, 15) is 9.59 Å². The van der Waals surface area contributed by atoms with Crippen LogP contribution in [0.15, 0.2) is 47.2 Å². The van der Waals surface area contributed by atoms with Crippen LogP contribution >= 0.6 is 0 Å². The molecule has 0 radical (unpaired) electrons. The highest BCUT2D eigenvalue weighted by Gasteiger charge is 2.50. The number of fused-ring (bicyclic) bond motifs is 3. The molecule has 3 aromatic rings. The molecule has 1 unspecified atom stereocenters. The summed E-state index contributed by atoms with van der Waals surface area (Å²) in [5, 5.41) is 3.36. The first kappa shape index (κ1) is 21.7. The Balaban J connectivity index is 1.52. The van der Waals surface area contributed by atoms with Crippen molar-refractivity contribution in [3.05, 3.63) is 54.2 Å². The van der Waals surface area contributed by atoms with Gasteiger partial charge in [-0.1, -0.05) is 45.1 Å². The standard InChI is InChI=1S/C26H32N4O3/c1-2-26(25(32)28-19-10-6-4-3-5-7-11-19)18-29-21-13-15-33-23(21)16-22(29)24(31)30(26)17-20-12-8-9-14-27-20/h8-9,12-16,19H,2-7,10-11,17-18H2,1H3,(H,28,32). The maximum Gasteiger partial charge on any atom is 0.271 e. The van der Waals surface area contributed by atoms with Gasteiger partial charge in [0.15, 0.2) is 5.58 Å². The highest BCUT2D eigenvalue weighted by atomic mass is 16.3. The minimum absolute atomic E-state index is 0.0594. The Morgan fingerprint density at radius 1 is 1.18 bits per heavy atom. The molecule has 7 nitrogen and oxygen atoms in total. The van der Waals surface area contributed by atoms with E-state index in [0.717, 1.165) is 36.9 Å². The Bertz CT molecular complexity index is 1130. The Hall–Kier alpha value is -3.09. The average molecular weight is 449 g/mol. The summed E-state index contributed by atoms with van der Waals surface area (Å²) < 4.78 is 7.53. The van der Waals surface area contributed by atoms with Gasteiger partial charge in [-0.25, -0.2) is 0 Å². The fourth-order valence-electron chi connectivity index (χ4n) is 5.46. The number of rotatable bonds is 5. The molecule has 33 heavy (non-hydrogen) atoms. The molecule has 4 heterocycles. The zero-order chi connectivity index (χ0) is 22.8. The third-order valence-electron chi connectivity index (χ3n) is 7.42. The van der Waals surface area contributed by atoms with E-state index in [-0.39, 0.29) is 24.4 Å². The normalized spacial score (nSPS) is 22.1. The van der Waals surface area contributed by atoms with E-state index in [1.54, 1.807) is 23.4 Å². The van der Waals surface area contributed by atoms with E-state index >= 15 is 0 Å². The molecule has 0 bridgehead atoms. The van der Waals surface area contributed by atoms with E-state index in [0.29, 0.717) is 24.2 Å². The molecule has 1 N–H and O–H groups in total. The number of hydrogen-bond acceptors (Lipinski definition) is 4. The second kappa shape index (κ2) is 9.04. The largest absolute Gasteiger partial charge is 0.463 e. The van der Waals surface area contributed by atoms with Crippen molar-refractivity contribution in [1.82, 2.24) is 19.8 Å². The minimum atomic E-state index is -0.993. The maximum absolute atomic E-state index is 14.0. The fourth-order valence-corrected chi connectivity index (χ4v) is 5.46. The van der Waals surface area contributed by atoms with Crippen LogP contribution in [0, 0.1) is 0 Å². The van der Waals surface area contributed by atoms with E-state index in [1.807, 2.05) is 35.8 Å². The molecule has 1 aliphatic heterocycles. The topological polar surface area (TPSA) is 80.4 Å². The van der Waals surface area contributed by atoms with Gasteiger partial charge in [-0.15, -0.1) is 0 Å². The first-order chi connectivity index (χ1) is 16.1. The van der Waals surface area contributed by atoms with Crippen LogP contribution in [0.25, 0.3) is 11.1 Å². The number of pyridine rings is 1. The first-order valence-electron chi connectivity index (χ1n) is 12.2. The van der Waals surface area contributed by atoms with E-state index in [2.05, 4.69) is 10.3 Å². The number of hydrogen-bond donors (Lipinski definition) is 1. The lowest BCUT2D eigenvalue weighted by Gasteiger charge is -2.46. The highest BCUT2D eigenvalue weighted by molar-refractivity contribution is 6.03. The maximum atomic E-state index is 14.0. The molecule has 0 saturated heterocycles. The van der Waals surface area contributed by atoms with Crippen molar-refractivity contribution in [2.24, 2.45) is 0 Å². The van der Waals surface area contributed by atoms with Crippen molar-refractivity contribution in [2.45, 2.75) is 83.0 Å². The predicted octanol–water partition coefficient (Wildman–Crippen LogP) is 4.66. The summed E-state index contributed by atoms with van der Waals surface area (Å²) in [5.41, 5.74) is 1.86. The molecule has 0 aromatic carbocycles. The second-order valence-corrected chi connectivity index (χ2v) is 9.40. The van der Waals surface area contributed by atoms with E-state index in [4.69, 9.17) is 4.42 Å². The van der Waals surface area contributed by atoms with Crippen molar-refractivity contribution in [2.75, 3.05) is 0 Å². The summed E-state index contributed by atoms with van der Waals surface area (Å²) in [7, 11) is 0. The number of nitrogens with zero attached hydrogens (tertiary/aromatic N) is 3. The lowest BCUT2D eigenvalue weighted by molar-refractivity contribution is -0.135. The van der Waals surface area contributed by atoms with Crippen LogP contribution in [-0.2, 0) is 17.9 Å². The average Bonchev–Trinajstić information content (AvgIpc) is 3.40. The van der Waals surface area contributed by atoms with Gasteiger partial charge in [-0.05, 0) is 31.4 Å². The molecule has 1 saturated carbocycles. The summed E-state index contributed by atoms with van der Waals surface area (Å²) in [6.07, 6.45) is 11.9. The molecule has 3 aromatic heterocycles. The molecule has 1 atom stereocenters. The van der Waals surface area contributed by atoms with Crippen molar-refractivity contribution in [3.63, 3.8) is 0 Å². The number of amides is 2. The number of furan rings is 1. The molecule has 7 heteroatoms. The summed E-state index contributed by atoms with van der Waals surface area (Å²) in [5.74, 6) is -0.219. The SMILES string of the molecule is CCC1(C(=O)NC2CCCCCCC2)Cn2c(cc3occc32)C(=O)N1Cc1ccccn1. The van der Waals surface area contributed by atoms with Gasteiger partial charge in [0, 0.05) is 24.4 Å². The zero-order valence-corrected chi connectivity index (χ0v) is 19.3. The van der Waals surface area contributed by atoms with Gasteiger partial charge < -0.3 is 19.2 Å². The van der Waals surface area contributed by atoms with E-state index < -0.39 is 5.54 Å². The molecular weight excluding hydrogens is 416 g/mol. The lowest BCUT2D eigenvalue weighted by Crippen LogP contribution is -2.65. The number of carbonyl (C=O) groups is 2. The molecule has 174 valence electrons. The summed E-state index contributed by atoms with van der Waals surface area (Å²) in [6.45, 7) is 2.69. The quantitative estimate of drug-likeness (QED) is 0.615. The predicted molar refractivity (Wildman–Crippen MR) is 126 cm³/mol. The molecule has 0 spiro atoms. The second-order valence-electron chi connectivity index (χ2n) is 9.40. The van der Waals surface area contributed by atoms with Gasteiger partial charge >= 0.3 is 0 Å². The van der Waals surface area contributed by atoms with Crippen molar-refractivity contribution in [1.29, 1.82) is 0 Å². The smallest absolute Gasteiger partial charge is 0.271 e. The third kappa shape index (κ3) is 3.94. The number of nitrogens with one attached hydrogen (secondary N) is 1. The molecule has 1 aliphatic carbocycles. The molecule has 5 rings (SSSR count). The summed E-state index contributed by atoms with van der Waals surface area (Å²) in [4.78, 5) is 34.0. The van der Waals surface area contributed by atoms with Gasteiger partial charge in [-0.3, -0.25) is 14.6 Å². The Morgan fingerprint density at radius 3 is 2.70 bits per heavy atom. The fraction of sp³-hybridized carbons (Fsp3) is 0.500. The van der Waals surface area contributed by atoms with Gasteiger partial charge in [-0.2, -0.15) is 0 Å². The van der Waals surface area contributed by atoms with Crippen molar-refractivity contribution in [3.8, 4) is 0 Å². The Labute approximate surface area is 194 Å². The molecule has 2 amide bonds. The molecular formula is C26H32N4O3. The van der Waals surface area contributed by atoms with Crippen molar-refractivity contribution >= 4 is 22.9 Å². The van der Waals surface area contributed by atoms with Gasteiger partial charge in [0.1, 0.15) is 11.2 Å². The Morgan fingerprint density at radius 2 is 1.97 bits per heavy atom. The third-order valence-corrected chi connectivity index (χ3v) is 7.42. The summed E-state index contributed by atoms with van der Waals surface area (Å²) in [6, 6.07) is 9.49. The first-order valence-corrected chi connectivity index (χ1v) is 12.2. The number of carbonyl (C=O) groups excluding carboxylic acids is 2. The van der Waals surface area contributed by atoms with Crippen LogP contribution in [-0.4, -0.2) is 37.8 Å². The lowest BCUT2D eigenvalue weighted by atomic mass is 9.87. The van der Waals surface area contributed by atoms with Crippen LogP contribution < -0.4 is 5.32 Å².